The molecular weight excluding hydrogens is 348 g/mol. The van der Waals surface area contributed by atoms with E-state index < -0.39 is 20.6 Å². The number of amides is 1. The van der Waals surface area contributed by atoms with E-state index in [-0.39, 0.29) is 30.0 Å². The van der Waals surface area contributed by atoms with E-state index >= 15 is 0 Å². The first-order valence-corrected chi connectivity index (χ1v) is 9.51. The van der Waals surface area contributed by atoms with Gasteiger partial charge in [-0.15, -0.1) is 12.4 Å². The molecule has 1 aromatic carbocycles. The van der Waals surface area contributed by atoms with Gasteiger partial charge in [-0.3, -0.25) is 4.79 Å². The lowest BCUT2D eigenvalue weighted by Gasteiger charge is -2.20. The van der Waals surface area contributed by atoms with Crippen LogP contribution in [0.15, 0.2) is 24.3 Å². The number of rotatable bonds is 6. The summed E-state index contributed by atoms with van der Waals surface area (Å²) < 4.78 is 23.8. The number of sulfone groups is 1. The minimum atomic E-state index is -3.27. The number of anilines is 1. The minimum absolute atomic E-state index is 0. The molecule has 0 saturated carbocycles. The third kappa shape index (κ3) is 6.07. The normalized spacial score (nSPS) is 14.4. The molecule has 0 radical (unpaired) electrons. The van der Waals surface area contributed by atoms with Crippen molar-refractivity contribution >= 4 is 33.8 Å². The van der Waals surface area contributed by atoms with E-state index in [1.54, 1.807) is 45.0 Å². The van der Waals surface area contributed by atoms with Crippen molar-refractivity contribution in [2.45, 2.75) is 57.6 Å². The maximum Gasteiger partial charge on any atom is 0.241 e. The van der Waals surface area contributed by atoms with Crippen LogP contribution >= 0.6 is 12.4 Å². The Hall–Kier alpha value is -1.11. The maximum absolute atomic E-state index is 12.3. The van der Waals surface area contributed by atoms with Crippen molar-refractivity contribution in [2.24, 2.45) is 11.7 Å². The van der Waals surface area contributed by atoms with Crippen molar-refractivity contribution in [1.29, 1.82) is 0 Å². The van der Waals surface area contributed by atoms with Gasteiger partial charge in [-0.25, -0.2) is 8.42 Å². The van der Waals surface area contributed by atoms with Gasteiger partial charge in [0, 0.05) is 5.69 Å². The molecule has 0 aromatic heterocycles. The van der Waals surface area contributed by atoms with Crippen LogP contribution in [0.4, 0.5) is 5.69 Å². The molecule has 0 fully saturated rings. The first-order chi connectivity index (χ1) is 10.5. The smallest absolute Gasteiger partial charge is 0.241 e. The van der Waals surface area contributed by atoms with Crippen LogP contribution in [0, 0.1) is 5.92 Å². The Morgan fingerprint density at radius 2 is 1.88 bits per heavy atom. The molecule has 138 valence electrons. The molecule has 0 spiro atoms. The lowest BCUT2D eigenvalue weighted by atomic mass is 9.99. The Bertz CT molecular complexity index is 654. The summed E-state index contributed by atoms with van der Waals surface area (Å²) in [5.41, 5.74) is 7.12. The summed E-state index contributed by atoms with van der Waals surface area (Å²) in [6.45, 7) is 8.95. The Labute approximate surface area is 151 Å². The number of carbonyl (C=O) groups is 1. The van der Waals surface area contributed by atoms with Crippen molar-refractivity contribution < 1.29 is 13.2 Å². The zero-order valence-corrected chi connectivity index (χ0v) is 16.6. The molecule has 0 bridgehead atoms. The number of benzene rings is 1. The van der Waals surface area contributed by atoms with Gasteiger partial charge in [0.15, 0.2) is 9.84 Å². The van der Waals surface area contributed by atoms with E-state index in [1.807, 2.05) is 13.8 Å². The Balaban J connectivity index is 0.00000529. The van der Waals surface area contributed by atoms with Crippen LogP contribution in [-0.2, 0) is 20.4 Å². The van der Waals surface area contributed by atoms with Gasteiger partial charge in [0.05, 0.1) is 16.5 Å². The standard InChI is InChI=1S/C17H28N2O3S.ClH/c1-6-12(2)15(18)16(20)19-14-9-7-8-13(10-14)11-23(21,22)17(3,4)5;/h7-10,12,15H,6,11,18H2,1-5H3,(H,19,20);1H. The molecule has 2 unspecified atom stereocenters. The molecule has 0 heterocycles. The van der Waals surface area contributed by atoms with Crippen LogP contribution < -0.4 is 11.1 Å². The molecule has 24 heavy (non-hydrogen) atoms. The molecule has 1 aromatic rings. The number of halogens is 1. The van der Waals surface area contributed by atoms with Gasteiger partial charge in [-0.05, 0) is 44.4 Å². The number of hydrogen-bond donors (Lipinski definition) is 2. The lowest BCUT2D eigenvalue weighted by molar-refractivity contribution is -0.118. The molecular formula is C17H29ClN2O3S. The van der Waals surface area contributed by atoms with Crippen LogP contribution in [0.2, 0.25) is 0 Å². The molecule has 5 nitrogen and oxygen atoms in total. The van der Waals surface area contributed by atoms with Gasteiger partial charge in [0.25, 0.3) is 0 Å². The van der Waals surface area contributed by atoms with E-state index in [9.17, 15) is 13.2 Å². The summed E-state index contributed by atoms with van der Waals surface area (Å²) in [7, 11) is -3.27. The third-order valence-corrected chi connectivity index (χ3v) is 6.62. The number of nitrogens with two attached hydrogens (primary N) is 1. The van der Waals surface area contributed by atoms with Crippen molar-refractivity contribution in [2.75, 3.05) is 5.32 Å². The molecule has 0 aliphatic heterocycles. The van der Waals surface area contributed by atoms with Crippen molar-refractivity contribution in [1.82, 2.24) is 0 Å². The summed E-state index contributed by atoms with van der Waals surface area (Å²) in [4.78, 5) is 12.1. The molecule has 1 rings (SSSR count). The highest BCUT2D eigenvalue weighted by atomic mass is 35.5. The summed E-state index contributed by atoms with van der Waals surface area (Å²) in [6, 6.07) is 6.31. The number of carbonyl (C=O) groups excluding carboxylic acids is 1. The second kappa shape index (κ2) is 8.83. The van der Waals surface area contributed by atoms with Crippen LogP contribution in [0.25, 0.3) is 0 Å². The molecule has 0 aliphatic rings. The molecule has 0 aliphatic carbocycles. The average Bonchev–Trinajstić information content (AvgIpc) is 2.44. The summed E-state index contributed by atoms with van der Waals surface area (Å²) in [5.74, 6) is -0.230. The fourth-order valence-electron chi connectivity index (χ4n) is 1.91. The van der Waals surface area contributed by atoms with Crippen molar-refractivity contribution in [3.63, 3.8) is 0 Å². The van der Waals surface area contributed by atoms with E-state index in [0.717, 1.165) is 6.42 Å². The Kier molecular flexibility index (Phi) is 8.42. The van der Waals surface area contributed by atoms with Crippen LogP contribution in [0.5, 0.6) is 0 Å². The van der Waals surface area contributed by atoms with Crippen LogP contribution in [0.1, 0.15) is 46.6 Å². The van der Waals surface area contributed by atoms with Crippen LogP contribution in [-0.4, -0.2) is 25.1 Å². The fourth-order valence-corrected chi connectivity index (χ4v) is 2.96. The zero-order chi connectivity index (χ0) is 17.8. The summed E-state index contributed by atoms with van der Waals surface area (Å²) >= 11 is 0. The van der Waals surface area contributed by atoms with Crippen LogP contribution in [0.3, 0.4) is 0 Å². The molecule has 7 heteroatoms. The van der Waals surface area contributed by atoms with Crippen molar-refractivity contribution in [3.05, 3.63) is 29.8 Å². The predicted molar refractivity (Wildman–Crippen MR) is 102 cm³/mol. The molecule has 3 N–H and O–H groups in total. The lowest BCUT2D eigenvalue weighted by Crippen LogP contribution is -2.40. The first kappa shape index (κ1) is 22.9. The largest absolute Gasteiger partial charge is 0.325 e. The Morgan fingerprint density at radius 3 is 2.38 bits per heavy atom. The summed E-state index contributed by atoms with van der Waals surface area (Å²) in [6.07, 6.45) is 0.818. The molecule has 2 atom stereocenters. The molecule has 0 saturated heterocycles. The highest BCUT2D eigenvalue weighted by Gasteiger charge is 2.29. The van der Waals surface area contributed by atoms with E-state index in [2.05, 4.69) is 5.32 Å². The highest BCUT2D eigenvalue weighted by Crippen LogP contribution is 2.22. The number of nitrogens with one attached hydrogen (secondary N) is 1. The van der Waals surface area contributed by atoms with Gasteiger partial charge >= 0.3 is 0 Å². The fraction of sp³-hybridized carbons (Fsp3) is 0.588. The van der Waals surface area contributed by atoms with Gasteiger partial charge in [0.2, 0.25) is 5.91 Å². The van der Waals surface area contributed by atoms with Gasteiger partial charge in [-0.2, -0.15) is 0 Å². The van der Waals surface area contributed by atoms with E-state index in [4.69, 9.17) is 5.73 Å². The molecule has 1 amide bonds. The minimum Gasteiger partial charge on any atom is -0.325 e. The topological polar surface area (TPSA) is 89.3 Å². The monoisotopic (exact) mass is 376 g/mol. The predicted octanol–water partition coefficient (Wildman–Crippen LogP) is 3.13. The maximum atomic E-state index is 12.3. The van der Waals surface area contributed by atoms with Crippen molar-refractivity contribution in [3.8, 4) is 0 Å². The van der Waals surface area contributed by atoms with E-state index in [1.165, 1.54) is 0 Å². The second-order valence-electron chi connectivity index (χ2n) is 6.97. The van der Waals surface area contributed by atoms with Gasteiger partial charge in [0.1, 0.15) is 0 Å². The quantitative estimate of drug-likeness (QED) is 0.798. The second-order valence-corrected chi connectivity index (χ2v) is 9.72. The number of hydrogen-bond acceptors (Lipinski definition) is 4. The first-order valence-electron chi connectivity index (χ1n) is 7.85. The SMILES string of the molecule is CCC(C)C(N)C(=O)Nc1cccc(CS(=O)(=O)C(C)(C)C)c1.Cl. The Morgan fingerprint density at radius 1 is 1.29 bits per heavy atom. The van der Waals surface area contributed by atoms with Gasteiger partial charge < -0.3 is 11.1 Å². The van der Waals surface area contributed by atoms with E-state index in [0.29, 0.717) is 11.3 Å². The summed E-state index contributed by atoms with van der Waals surface area (Å²) in [5, 5.41) is 2.76. The zero-order valence-electron chi connectivity index (χ0n) is 15.0. The average molecular weight is 377 g/mol. The third-order valence-electron chi connectivity index (χ3n) is 4.04. The van der Waals surface area contributed by atoms with Gasteiger partial charge in [-0.1, -0.05) is 32.4 Å². The highest BCUT2D eigenvalue weighted by molar-refractivity contribution is 7.91.